The minimum atomic E-state index is -1.62. The standard InChI is InChI=1S/C15H14F3N3O3.ClH/c1-19-2-4-20(5-3-19)11-6-8(15(23)24)14(22)21-12(11)9(16)7-10(17)13(21)18;/h6-7H,2-5H2,1H3,(H,23,24);1H. The Hall–Kier alpha value is -2.26. The van der Waals surface area contributed by atoms with Gasteiger partial charge in [0.15, 0.2) is 11.6 Å². The lowest BCUT2D eigenvalue weighted by Crippen LogP contribution is -2.45. The number of likely N-dealkylation sites (N-methyl/N-ethyl adjacent to an activating group) is 1. The maximum atomic E-state index is 14.3. The molecule has 6 nitrogen and oxygen atoms in total. The van der Waals surface area contributed by atoms with Gasteiger partial charge in [-0.25, -0.2) is 18.0 Å². The van der Waals surface area contributed by atoms with Crippen molar-refractivity contribution in [2.24, 2.45) is 0 Å². The van der Waals surface area contributed by atoms with Crippen LogP contribution >= 0.6 is 12.4 Å². The highest BCUT2D eigenvalue weighted by molar-refractivity contribution is 5.91. The van der Waals surface area contributed by atoms with Crippen LogP contribution in [0.3, 0.4) is 0 Å². The highest BCUT2D eigenvalue weighted by Gasteiger charge is 2.26. The number of halogens is 4. The monoisotopic (exact) mass is 377 g/mol. The molecule has 0 aromatic carbocycles. The number of pyridine rings is 2. The lowest BCUT2D eigenvalue weighted by Gasteiger charge is -2.34. The molecule has 0 aliphatic carbocycles. The Labute approximate surface area is 146 Å². The van der Waals surface area contributed by atoms with E-state index in [1.165, 1.54) is 0 Å². The number of rotatable bonds is 2. The first-order valence-corrected chi connectivity index (χ1v) is 7.21. The van der Waals surface area contributed by atoms with E-state index in [-0.39, 0.29) is 22.5 Å². The van der Waals surface area contributed by atoms with E-state index in [1.54, 1.807) is 4.90 Å². The topological polar surface area (TPSA) is 65.3 Å². The van der Waals surface area contributed by atoms with Crippen LogP contribution in [-0.4, -0.2) is 53.6 Å². The number of piperazine rings is 1. The largest absolute Gasteiger partial charge is 0.477 e. The molecule has 0 saturated carbocycles. The van der Waals surface area contributed by atoms with Gasteiger partial charge in [0.1, 0.15) is 11.1 Å². The van der Waals surface area contributed by atoms with Gasteiger partial charge in [-0.2, -0.15) is 4.39 Å². The molecule has 25 heavy (non-hydrogen) atoms. The number of carbonyl (C=O) groups is 1. The quantitative estimate of drug-likeness (QED) is 0.805. The van der Waals surface area contributed by atoms with E-state index >= 15 is 0 Å². The Bertz CT molecular complexity index is 895. The number of hydrogen-bond donors (Lipinski definition) is 1. The molecule has 2 aromatic heterocycles. The summed E-state index contributed by atoms with van der Waals surface area (Å²) in [5.74, 6) is -5.89. The van der Waals surface area contributed by atoms with E-state index in [0.717, 1.165) is 6.07 Å². The minimum absolute atomic E-state index is 0. The summed E-state index contributed by atoms with van der Waals surface area (Å²) in [5.41, 5.74) is -2.47. The Morgan fingerprint density at radius 3 is 2.24 bits per heavy atom. The maximum Gasteiger partial charge on any atom is 0.341 e. The third-order valence-electron chi connectivity index (χ3n) is 4.13. The maximum absolute atomic E-state index is 14.3. The van der Waals surface area contributed by atoms with Gasteiger partial charge in [-0.1, -0.05) is 0 Å². The average molecular weight is 378 g/mol. The molecule has 1 fully saturated rings. The molecule has 10 heteroatoms. The summed E-state index contributed by atoms with van der Waals surface area (Å²) < 4.78 is 42.0. The van der Waals surface area contributed by atoms with Crippen molar-refractivity contribution in [2.75, 3.05) is 38.1 Å². The normalized spacial score (nSPS) is 15.3. The number of carboxylic acids is 1. The fraction of sp³-hybridized carbons (Fsp3) is 0.333. The van der Waals surface area contributed by atoms with Gasteiger partial charge in [-0.05, 0) is 13.1 Å². The van der Waals surface area contributed by atoms with Crippen LogP contribution in [0.2, 0.25) is 0 Å². The summed E-state index contributed by atoms with van der Waals surface area (Å²) in [6, 6.07) is 1.37. The number of fused-ring (bicyclic) bond motifs is 1. The second-order valence-electron chi connectivity index (χ2n) is 5.66. The molecule has 0 radical (unpaired) electrons. The van der Waals surface area contributed by atoms with E-state index < -0.39 is 40.2 Å². The SMILES string of the molecule is CN1CCN(c2cc(C(=O)O)c(=O)n3c(F)c(F)cc(F)c23)CC1.Cl. The van der Waals surface area contributed by atoms with Crippen LogP contribution in [0.4, 0.5) is 18.9 Å². The number of aromatic nitrogens is 1. The molecule has 1 aliphatic heterocycles. The van der Waals surface area contributed by atoms with E-state index in [1.807, 2.05) is 11.9 Å². The fourth-order valence-corrected chi connectivity index (χ4v) is 2.81. The summed E-state index contributed by atoms with van der Waals surface area (Å²) in [7, 11) is 1.89. The molecule has 136 valence electrons. The second-order valence-corrected chi connectivity index (χ2v) is 5.66. The molecule has 0 bridgehead atoms. The molecule has 1 aliphatic rings. The first-order chi connectivity index (χ1) is 11.3. The average Bonchev–Trinajstić information content (AvgIpc) is 2.53. The van der Waals surface area contributed by atoms with Gasteiger partial charge in [0, 0.05) is 32.2 Å². The van der Waals surface area contributed by atoms with Crippen molar-refractivity contribution in [2.45, 2.75) is 0 Å². The molecule has 1 saturated heterocycles. The van der Waals surface area contributed by atoms with Gasteiger partial charge in [0.2, 0.25) is 5.95 Å². The Kier molecular flexibility index (Phi) is 5.28. The van der Waals surface area contributed by atoms with Crippen molar-refractivity contribution in [1.82, 2.24) is 9.30 Å². The Morgan fingerprint density at radius 2 is 1.68 bits per heavy atom. The fourth-order valence-electron chi connectivity index (χ4n) is 2.81. The van der Waals surface area contributed by atoms with Crippen molar-refractivity contribution in [3.63, 3.8) is 0 Å². The molecule has 3 rings (SSSR count). The van der Waals surface area contributed by atoms with Crippen molar-refractivity contribution >= 4 is 29.6 Å². The predicted molar refractivity (Wildman–Crippen MR) is 87.5 cm³/mol. The van der Waals surface area contributed by atoms with Gasteiger partial charge in [-0.15, -0.1) is 12.4 Å². The number of aromatic carboxylic acids is 1. The van der Waals surface area contributed by atoms with Crippen molar-refractivity contribution in [3.05, 3.63) is 45.6 Å². The van der Waals surface area contributed by atoms with Crippen LogP contribution in [0, 0.1) is 17.6 Å². The van der Waals surface area contributed by atoms with Crippen LogP contribution < -0.4 is 10.5 Å². The minimum Gasteiger partial charge on any atom is -0.477 e. The van der Waals surface area contributed by atoms with Crippen molar-refractivity contribution in [3.8, 4) is 0 Å². The number of nitrogens with zero attached hydrogens (tertiary/aromatic N) is 3. The molecule has 2 aromatic rings. The lowest BCUT2D eigenvalue weighted by molar-refractivity contribution is 0.0694. The van der Waals surface area contributed by atoms with Crippen molar-refractivity contribution in [1.29, 1.82) is 0 Å². The van der Waals surface area contributed by atoms with E-state index in [0.29, 0.717) is 32.2 Å². The summed E-state index contributed by atoms with van der Waals surface area (Å²) in [4.78, 5) is 27.1. The van der Waals surface area contributed by atoms with Gasteiger partial charge in [-0.3, -0.25) is 4.79 Å². The van der Waals surface area contributed by atoms with Gasteiger partial charge >= 0.3 is 5.97 Å². The highest BCUT2D eigenvalue weighted by Crippen LogP contribution is 2.27. The molecule has 0 unspecified atom stereocenters. The summed E-state index contributed by atoms with van der Waals surface area (Å²) in [6.07, 6.45) is 0. The van der Waals surface area contributed by atoms with E-state index in [2.05, 4.69) is 0 Å². The van der Waals surface area contributed by atoms with Crippen LogP contribution in [0.15, 0.2) is 16.9 Å². The third kappa shape index (κ3) is 3.16. The summed E-state index contributed by atoms with van der Waals surface area (Å²) >= 11 is 0. The highest BCUT2D eigenvalue weighted by atomic mass is 35.5. The van der Waals surface area contributed by atoms with Gasteiger partial charge in [0.05, 0.1) is 5.69 Å². The van der Waals surface area contributed by atoms with Crippen LogP contribution in [0.1, 0.15) is 10.4 Å². The smallest absolute Gasteiger partial charge is 0.341 e. The molecule has 0 amide bonds. The zero-order valence-electron chi connectivity index (χ0n) is 13.1. The van der Waals surface area contributed by atoms with Crippen LogP contribution in [-0.2, 0) is 0 Å². The predicted octanol–water partition coefficient (Wildman–Crippen LogP) is 1.59. The number of carboxylic acid groups (broad SMARTS) is 1. The molecular formula is C15H15ClF3N3O3. The third-order valence-corrected chi connectivity index (χ3v) is 4.13. The van der Waals surface area contributed by atoms with Gasteiger partial charge in [0.25, 0.3) is 5.56 Å². The summed E-state index contributed by atoms with van der Waals surface area (Å²) in [5, 5.41) is 9.17. The van der Waals surface area contributed by atoms with Crippen LogP contribution in [0.25, 0.3) is 5.52 Å². The zero-order valence-corrected chi connectivity index (χ0v) is 13.9. The first kappa shape index (κ1) is 19.1. The molecule has 3 heterocycles. The Balaban J connectivity index is 0.00000225. The van der Waals surface area contributed by atoms with E-state index in [4.69, 9.17) is 5.11 Å². The van der Waals surface area contributed by atoms with Gasteiger partial charge < -0.3 is 14.9 Å². The van der Waals surface area contributed by atoms with E-state index in [9.17, 15) is 22.8 Å². The molecular weight excluding hydrogens is 363 g/mol. The Morgan fingerprint density at radius 1 is 1.08 bits per heavy atom. The molecule has 0 atom stereocenters. The second kappa shape index (κ2) is 6.93. The lowest BCUT2D eigenvalue weighted by atomic mass is 10.1. The first-order valence-electron chi connectivity index (χ1n) is 7.21. The number of hydrogen-bond acceptors (Lipinski definition) is 4. The van der Waals surface area contributed by atoms with Crippen LogP contribution in [0.5, 0.6) is 0 Å². The number of anilines is 1. The molecule has 0 spiro atoms. The van der Waals surface area contributed by atoms with Crippen molar-refractivity contribution < 1.29 is 23.1 Å². The summed E-state index contributed by atoms with van der Waals surface area (Å²) in [6.45, 7) is 2.11. The zero-order chi connectivity index (χ0) is 17.6. The molecule has 1 N–H and O–H groups in total.